The Kier molecular flexibility index (Phi) is 4.01. The van der Waals surface area contributed by atoms with Gasteiger partial charge in [0, 0.05) is 0 Å². The summed E-state index contributed by atoms with van der Waals surface area (Å²) in [7, 11) is 0. The number of carbonyl (C=O) groups is 2. The molecule has 1 fully saturated rings. The molecule has 0 bridgehead atoms. The van der Waals surface area contributed by atoms with Crippen molar-refractivity contribution in [2.24, 2.45) is 5.92 Å². The van der Waals surface area contributed by atoms with Crippen molar-refractivity contribution in [3.05, 3.63) is 22.4 Å². The number of nitrogens with one attached hydrogen (secondary N) is 1. The lowest BCUT2D eigenvalue weighted by atomic mass is 10.0. The van der Waals surface area contributed by atoms with Crippen LogP contribution in [-0.2, 0) is 9.59 Å². The molecule has 1 aromatic heterocycles. The average Bonchev–Trinajstić information content (AvgIpc) is 2.98. The third-order valence-corrected chi connectivity index (χ3v) is 4.02. The van der Waals surface area contributed by atoms with E-state index in [2.05, 4.69) is 5.32 Å². The molecule has 1 amide bonds. The molecule has 2 N–H and O–H groups in total. The summed E-state index contributed by atoms with van der Waals surface area (Å²) < 4.78 is 0. The monoisotopic (exact) mass is 267 g/mol. The second-order valence-corrected chi connectivity index (χ2v) is 5.64. The fourth-order valence-electron chi connectivity index (χ4n) is 1.88. The standard InChI is InChI=1S/C13H17NO3S/c1-8(10-4-5-18-7-10)12(15)14-11(13(16)17)6-9-2-3-9/h4-5,7-9,11H,2-3,6H2,1H3,(H,14,15)(H,16,17). The molecule has 98 valence electrons. The number of carbonyl (C=O) groups excluding carboxylic acids is 1. The third-order valence-electron chi connectivity index (χ3n) is 3.32. The highest BCUT2D eigenvalue weighted by Crippen LogP contribution is 2.33. The first kappa shape index (κ1) is 13.1. The van der Waals surface area contributed by atoms with Crippen LogP contribution < -0.4 is 5.32 Å². The fraction of sp³-hybridized carbons (Fsp3) is 0.538. The molecular formula is C13H17NO3S. The van der Waals surface area contributed by atoms with Crippen molar-refractivity contribution < 1.29 is 14.7 Å². The summed E-state index contributed by atoms with van der Waals surface area (Å²) in [6.45, 7) is 1.80. The number of carboxylic acid groups (broad SMARTS) is 1. The summed E-state index contributed by atoms with van der Waals surface area (Å²) in [5.74, 6) is -0.964. The normalized spacial score (nSPS) is 18.1. The lowest BCUT2D eigenvalue weighted by Gasteiger charge is -2.17. The van der Waals surface area contributed by atoms with Crippen molar-refractivity contribution in [1.29, 1.82) is 0 Å². The van der Waals surface area contributed by atoms with Crippen LogP contribution in [0.1, 0.15) is 37.7 Å². The minimum atomic E-state index is -0.937. The summed E-state index contributed by atoms with van der Waals surface area (Å²) in [5, 5.41) is 15.6. The molecule has 0 aromatic carbocycles. The SMILES string of the molecule is CC(C(=O)NC(CC1CC1)C(=O)O)c1ccsc1. The van der Waals surface area contributed by atoms with Gasteiger partial charge in [-0.3, -0.25) is 4.79 Å². The molecule has 0 saturated heterocycles. The van der Waals surface area contributed by atoms with Crippen LogP contribution in [0.15, 0.2) is 16.8 Å². The minimum absolute atomic E-state index is 0.207. The smallest absolute Gasteiger partial charge is 0.326 e. The topological polar surface area (TPSA) is 66.4 Å². The largest absolute Gasteiger partial charge is 0.480 e. The Balaban J connectivity index is 1.93. The van der Waals surface area contributed by atoms with E-state index in [1.807, 2.05) is 16.8 Å². The average molecular weight is 267 g/mol. The van der Waals surface area contributed by atoms with Crippen LogP contribution in [0.3, 0.4) is 0 Å². The molecule has 1 aliphatic rings. The van der Waals surface area contributed by atoms with Gasteiger partial charge in [0.2, 0.25) is 5.91 Å². The maximum absolute atomic E-state index is 12.0. The van der Waals surface area contributed by atoms with Gasteiger partial charge in [0.25, 0.3) is 0 Å². The van der Waals surface area contributed by atoms with Crippen molar-refractivity contribution in [2.45, 2.75) is 38.1 Å². The zero-order valence-electron chi connectivity index (χ0n) is 10.3. The predicted octanol–water partition coefficient (Wildman–Crippen LogP) is 2.22. The van der Waals surface area contributed by atoms with Crippen LogP contribution >= 0.6 is 11.3 Å². The second-order valence-electron chi connectivity index (χ2n) is 4.86. The van der Waals surface area contributed by atoms with Gasteiger partial charge in [-0.1, -0.05) is 12.8 Å². The molecule has 4 nitrogen and oxygen atoms in total. The van der Waals surface area contributed by atoms with Crippen molar-refractivity contribution >= 4 is 23.2 Å². The Morgan fingerprint density at radius 1 is 1.56 bits per heavy atom. The van der Waals surface area contributed by atoms with Crippen LogP contribution in [0, 0.1) is 5.92 Å². The van der Waals surface area contributed by atoms with Gasteiger partial charge >= 0.3 is 5.97 Å². The highest BCUT2D eigenvalue weighted by atomic mass is 32.1. The van der Waals surface area contributed by atoms with Crippen LogP contribution in [0.25, 0.3) is 0 Å². The molecule has 0 spiro atoms. The summed E-state index contributed by atoms with van der Waals surface area (Å²) >= 11 is 1.53. The van der Waals surface area contributed by atoms with Crippen LogP contribution in [0.5, 0.6) is 0 Å². The summed E-state index contributed by atoms with van der Waals surface area (Å²) in [5.41, 5.74) is 0.938. The number of carboxylic acids is 1. The van der Waals surface area contributed by atoms with E-state index in [9.17, 15) is 9.59 Å². The zero-order valence-corrected chi connectivity index (χ0v) is 11.1. The molecule has 2 atom stereocenters. The second kappa shape index (κ2) is 5.52. The van der Waals surface area contributed by atoms with E-state index in [0.29, 0.717) is 12.3 Å². The van der Waals surface area contributed by atoms with Crippen molar-refractivity contribution in [3.63, 3.8) is 0 Å². The molecular weight excluding hydrogens is 250 g/mol. The van der Waals surface area contributed by atoms with E-state index in [4.69, 9.17) is 5.11 Å². The van der Waals surface area contributed by atoms with Gasteiger partial charge in [0.15, 0.2) is 0 Å². The molecule has 0 radical (unpaired) electrons. The number of thiophene rings is 1. The van der Waals surface area contributed by atoms with Crippen molar-refractivity contribution in [2.75, 3.05) is 0 Å². The lowest BCUT2D eigenvalue weighted by molar-refractivity contribution is -0.142. The molecule has 1 aromatic rings. The molecule has 2 unspecified atom stereocenters. The van der Waals surface area contributed by atoms with Crippen LogP contribution in [-0.4, -0.2) is 23.0 Å². The molecule has 5 heteroatoms. The van der Waals surface area contributed by atoms with E-state index in [1.54, 1.807) is 6.92 Å². The first-order valence-corrected chi connectivity index (χ1v) is 7.07. The zero-order chi connectivity index (χ0) is 13.1. The Bertz CT molecular complexity index is 425. The number of rotatable bonds is 6. The Morgan fingerprint density at radius 2 is 2.28 bits per heavy atom. The number of hydrogen-bond acceptors (Lipinski definition) is 3. The molecule has 2 rings (SSSR count). The third kappa shape index (κ3) is 3.32. The molecule has 1 aliphatic carbocycles. The summed E-state index contributed by atoms with van der Waals surface area (Å²) in [6, 6.07) is 1.15. The summed E-state index contributed by atoms with van der Waals surface area (Å²) in [4.78, 5) is 23.1. The quantitative estimate of drug-likeness (QED) is 0.830. The highest BCUT2D eigenvalue weighted by molar-refractivity contribution is 7.08. The van der Waals surface area contributed by atoms with Gasteiger partial charge in [-0.2, -0.15) is 11.3 Å². The maximum Gasteiger partial charge on any atom is 0.326 e. The van der Waals surface area contributed by atoms with E-state index in [-0.39, 0.29) is 11.8 Å². The number of hydrogen-bond donors (Lipinski definition) is 2. The first-order chi connectivity index (χ1) is 8.58. The number of aliphatic carboxylic acids is 1. The van der Waals surface area contributed by atoms with Crippen molar-refractivity contribution in [1.82, 2.24) is 5.32 Å². The molecule has 0 aliphatic heterocycles. The van der Waals surface area contributed by atoms with Crippen LogP contribution in [0.4, 0.5) is 0 Å². The van der Waals surface area contributed by atoms with E-state index >= 15 is 0 Å². The summed E-state index contributed by atoms with van der Waals surface area (Å²) in [6.07, 6.45) is 2.72. The van der Waals surface area contributed by atoms with Gasteiger partial charge in [0.1, 0.15) is 6.04 Å². The van der Waals surface area contributed by atoms with Gasteiger partial charge < -0.3 is 10.4 Å². The Hall–Kier alpha value is -1.36. The number of amides is 1. The molecule has 1 heterocycles. The van der Waals surface area contributed by atoms with Gasteiger partial charge in [-0.15, -0.1) is 0 Å². The van der Waals surface area contributed by atoms with Crippen molar-refractivity contribution in [3.8, 4) is 0 Å². The van der Waals surface area contributed by atoms with Crippen LogP contribution in [0.2, 0.25) is 0 Å². The van der Waals surface area contributed by atoms with Gasteiger partial charge in [-0.05, 0) is 41.7 Å². The molecule has 18 heavy (non-hydrogen) atoms. The highest BCUT2D eigenvalue weighted by Gasteiger charge is 2.31. The predicted molar refractivity (Wildman–Crippen MR) is 69.6 cm³/mol. The van der Waals surface area contributed by atoms with Gasteiger partial charge in [0.05, 0.1) is 5.92 Å². The Labute approximate surface area is 110 Å². The van der Waals surface area contributed by atoms with Gasteiger partial charge in [-0.25, -0.2) is 4.79 Å². The minimum Gasteiger partial charge on any atom is -0.480 e. The van der Waals surface area contributed by atoms with E-state index < -0.39 is 12.0 Å². The maximum atomic E-state index is 12.0. The fourth-order valence-corrected chi connectivity index (χ4v) is 2.63. The first-order valence-electron chi connectivity index (χ1n) is 6.13. The van der Waals surface area contributed by atoms with E-state index in [0.717, 1.165) is 18.4 Å². The Morgan fingerprint density at radius 3 is 2.78 bits per heavy atom. The lowest BCUT2D eigenvalue weighted by Crippen LogP contribution is -2.42. The molecule has 1 saturated carbocycles. The van der Waals surface area contributed by atoms with E-state index in [1.165, 1.54) is 11.3 Å².